The predicted molar refractivity (Wildman–Crippen MR) is 179 cm³/mol. The zero-order valence-electron chi connectivity index (χ0n) is 29.7. The van der Waals surface area contributed by atoms with Crippen LogP contribution in [0.5, 0.6) is 0 Å². The minimum atomic E-state index is -1.15. The van der Waals surface area contributed by atoms with Crippen molar-refractivity contribution in [3.05, 3.63) is 47.0 Å². The summed E-state index contributed by atoms with van der Waals surface area (Å²) in [7, 11) is 1.47. The van der Waals surface area contributed by atoms with E-state index in [9.17, 15) is 24.3 Å². The Balaban J connectivity index is 1.32. The smallest absolute Gasteiger partial charge is 0.339 e. The van der Waals surface area contributed by atoms with Crippen molar-refractivity contribution >= 4 is 23.7 Å². The van der Waals surface area contributed by atoms with Gasteiger partial charge in [-0.15, -0.1) is 0 Å². The fourth-order valence-electron chi connectivity index (χ4n) is 12.1. The summed E-state index contributed by atoms with van der Waals surface area (Å²) in [4.78, 5) is 52.4. The van der Waals surface area contributed by atoms with Gasteiger partial charge in [0, 0.05) is 11.3 Å². The Morgan fingerprint density at radius 3 is 2.19 bits per heavy atom. The molecule has 0 bridgehead atoms. The molecule has 5 aliphatic rings. The number of carbonyl (C=O) groups excluding carboxylic acids is 3. The molecule has 0 saturated heterocycles. The van der Waals surface area contributed by atoms with Crippen molar-refractivity contribution in [1.29, 1.82) is 0 Å². The van der Waals surface area contributed by atoms with E-state index in [1.165, 1.54) is 24.8 Å². The van der Waals surface area contributed by atoms with E-state index in [-0.39, 0.29) is 73.8 Å². The molecule has 7 nitrogen and oxygen atoms in total. The second-order valence-electron chi connectivity index (χ2n) is 17.9. The normalized spacial score (nSPS) is 42.0. The molecule has 9 atom stereocenters. The molecule has 0 heterocycles. The van der Waals surface area contributed by atoms with Crippen molar-refractivity contribution in [3.8, 4) is 0 Å². The number of methoxy groups -OCH3 is 1. The van der Waals surface area contributed by atoms with E-state index >= 15 is 0 Å². The number of rotatable bonds is 5. The summed E-state index contributed by atoms with van der Waals surface area (Å²) in [6.45, 7) is 16.1. The first kappa shape index (κ1) is 33.9. The first-order chi connectivity index (χ1) is 21.9. The quantitative estimate of drug-likeness (QED) is 0.320. The van der Waals surface area contributed by atoms with E-state index in [0.717, 1.165) is 51.4 Å². The molecule has 0 radical (unpaired) electrons. The van der Waals surface area contributed by atoms with Crippen molar-refractivity contribution in [2.75, 3.05) is 7.11 Å². The van der Waals surface area contributed by atoms with Gasteiger partial charge in [0.05, 0.1) is 24.7 Å². The van der Waals surface area contributed by atoms with Crippen LogP contribution in [0.3, 0.4) is 0 Å². The Bertz CT molecular complexity index is 1540. The molecule has 1 aromatic carbocycles. The molecular weight excluding hydrogens is 592 g/mol. The number of esters is 2. The molecule has 7 heteroatoms. The summed E-state index contributed by atoms with van der Waals surface area (Å²) in [5.41, 5.74) is 0.304. The Morgan fingerprint density at radius 2 is 1.53 bits per heavy atom. The Morgan fingerprint density at radius 1 is 0.872 bits per heavy atom. The van der Waals surface area contributed by atoms with E-state index < -0.39 is 17.4 Å². The highest BCUT2D eigenvalue weighted by molar-refractivity contribution is 6.02. The van der Waals surface area contributed by atoms with Crippen LogP contribution in [0.1, 0.15) is 133 Å². The topological polar surface area (TPSA) is 107 Å². The monoisotopic (exact) mass is 646 g/mol. The zero-order valence-corrected chi connectivity index (χ0v) is 29.7. The maximum absolute atomic E-state index is 14.7. The standard InChI is InChI=1S/C40H54O7/c1-35(2)29-13-16-40(7)32(38(29,5)15-14-30(35)47-34(45)25-12-10-9-11-24(25)33(43)44)28(41)21-26-27-22-36(3,23-31(42)46-8)17-18-37(27,4)19-20-39(26,40)6/h9-12,21,27,29-30,32H,13-20,22-23H2,1-8H3,(H,43,44)/t27?,29-,30-,32+,36-,37+,38-,39+,40+/m0/s1. The van der Waals surface area contributed by atoms with Crippen LogP contribution >= 0.6 is 0 Å². The molecule has 0 aromatic heterocycles. The number of hydrogen-bond donors (Lipinski definition) is 1. The van der Waals surface area contributed by atoms with Gasteiger partial charge in [0.15, 0.2) is 5.78 Å². The highest BCUT2D eigenvalue weighted by atomic mass is 16.5. The van der Waals surface area contributed by atoms with Crippen molar-refractivity contribution in [1.82, 2.24) is 0 Å². The van der Waals surface area contributed by atoms with Gasteiger partial charge in [-0.2, -0.15) is 0 Å². The Kier molecular flexibility index (Phi) is 7.96. The lowest BCUT2D eigenvalue weighted by Gasteiger charge is -2.70. The SMILES string of the molecule is COC(=O)C[C@@]1(C)CC[C@]2(C)CC[C@]3(C)C(=CC(=O)[C@@H]4[C@@]5(C)CC[C@H](OC(=O)c6ccccc6C(=O)O)C(C)(C)[C@@H]5CC[C@]43C)C2C1. The number of benzene rings is 1. The van der Waals surface area contributed by atoms with Gasteiger partial charge in [-0.25, -0.2) is 9.59 Å². The summed E-state index contributed by atoms with van der Waals surface area (Å²) in [5, 5.41) is 9.66. The largest absolute Gasteiger partial charge is 0.478 e. The van der Waals surface area contributed by atoms with Crippen LogP contribution in [0.4, 0.5) is 0 Å². The lowest BCUT2D eigenvalue weighted by molar-refractivity contribution is -0.202. The third-order valence-electron chi connectivity index (χ3n) is 15.0. The highest BCUT2D eigenvalue weighted by Gasteiger charge is 2.70. The van der Waals surface area contributed by atoms with Crippen LogP contribution in [0.25, 0.3) is 0 Å². The number of ketones is 1. The van der Waals surface area contributed by atoms with Crippen LogP contribution in [-0.4, -0.2) is 42.0 Å². The third kappa shape index (κ3) is 4.95. The van der Waals surface area contributed by atoms with Gasteiger partial charge in [-0.05, 0) is 115 Å². The van der Waals surface area contributed by atoms with Crippen LogP contribution in [0.15, 0.2) is 35.9 Å². The number of hydrogen-bond acceptors (Lipinski definition) is 6. The highest BCUT2D eigenvalue weighted by Crippen LogP contribution is 2.75. The third-order valence-corrected chi connectivity index (χ3v) is 15.0. The summed E-state index contributed by atoms with van der Waals surface area (Å²) in [5.74, 6) is -1.38. The van der Waals surface area contributed by atoms with E-state index in [2.05, 4.69) is 54.5 Å². The van der Waals surface area contributed by atoms with Crippen molar-refractivity contribution in [3.63, 3.8) is 0 Å². The maximum atomic E-state index is 14.7. The van der Waals surface area contributed by atoms with Crippen LogP contribution in [0, 0.1) is 50.2 Å². The predicted octanol–water partition coefficient (Wildman–Crippen LogP) is 8.45. The van der Waals surface area contributed by atoms with Crippen molar-refractivity contribution < 1.29 is 33.8 Å². The molecule has 1 N–H and O–H groups in total. The van der Waals surface area contributed by atoms with Gasteiger partial charge in [0.1, 0.15) is 6.10 Å². The van der Waals surface area contributed by atoms with E-state index in [1.807, 2.05) is 0 Å². The molecule has 6 rings (SSSR count). The fourth-order valence-corrected chi connectivity index (χ4v) is 12.1. The maximum Gasteiger partial charge on any atom is 0.339 e. The number of fused-ring (bicyclic) bond motifs is 7. The molecule has 5 aliphatic carbocycles. The van der Waals surface area contributed by atoms with Crippen molar-refractivity contribution in [2.45, 2.75) is 119 Å². The molecule has 47 heavy (non-hydrogen) atoms. The second-order valence-corrected chi connectivity index (χ2v) is 17.9. The van der Waals surface area contributed by atoms with E-state index in [1.54, 1.807) is 12.1 Å². The average molecular weight is 647 g/mol. The molecule has 0 spiro atoms. The van der Waals surface area contributed by atoms with Gasteiger partial charge in [0.25, 0.3) is 0 Å². The van der Waals surface area contributed by atoms with E-state index in [0.29, 0.717) is 12.8 Å². The zero-order chi connectivity index (χ0) is 34.4. The van der Waals surface area contributed by atoms with E-state index in [4.69, 9.17) is 9.47 Å². The number of ether oxygens (including phenoxy) is 2. The van der Waals surface area contributed by atoms with Gasteiger partial charge >= 0.3 is 17.9 Å². The molecular formula is C40H54O7. The summed E-state index contributed by atoms with van der Waals surface area (Å²) in [6, 6.07) is 6.22. The first-order valence-corrected chi connectivity index (χ1v) is 17.7. The molecule has 1 aromatic rings. The molecule has 0 amide bonds. The van der Waals surface area contributed by atoms with Crippen LogP contribution in [0.2, 0.25) is 0 Å². The Hall–Kier alpha value is -2.96. The summed E-state index contributed by atoms with van der Waals surface area (Å²) in [6.07, 6.45) is 10.5. The average Bonchev–Trinajstić information content (AvgIpc) is 3.00. The summed E-state index contributed by atoms with van der Waals surface area (Å²) < 4.78 is 11.3. The van der Waals surface area contributed by atoms with Gasteiger partial charge in [-0.1, -0.05) is 66.2 Å². The number of carboxylic acid groups (broad SMARTS) is 1. The molecule has 1 unspecified atom stereocenters. The summed E-state index contributed by atoms with van der Waals surface area (Å²) >= 11 is 0. The van der Waals surface area contributed by atoms with Crippen LogP contribution in [-0.2, 0) is 19.1 Å². The number of carbonyl (C=O) groups is 4. The molecule has 4 fully saturated rings. The van der Waals surface area contributed by atoms with Gasteiger partial charge in [-0.3, -0.25) is 9.59 Å². The fraction of sp³-hybridized carbons (Fsp3) is 0.700. The second kappa shape index (κ2) is 11.0. The molecule has 4 saturated carbocycles. The van der Waals surface area contributed by atoms with Gasteiger partial charge in [0.2, 0.25) is 0 Å². The first-order valence-electron chi connectivity index (χ1n) is 17.7. The molecule has 0 aliphatic heterocycles. The Labute approximate surface area is 280 Å². The lowest BCUT2D eigenvalue weighted by Crippen LogP contribution is -2.66. The van der Waals surface area contributed by atoms with Crippen molar-refractivity contribution in [2.24, 2.45) is 50.2 Å². The minimum Gasteiger partial charge on any atom is -0.478 e. The minimum absolute atomic E-state index is 0.0554. The number of carboxylic acids is 1. The molecule has 256 valence electrons. The van der Waals surface area contributed by atoms with Crippen LogP contribution < -0.4 is 0 Å². The lowest BCUT2D eigenvalue weighted by atomic mass is 9.33. The number of aromatic carboxylic acids is 1. The van der Waals surface area contributed by atoms with Gasteiger partial charge < -0.3 is 14.6 Å². The number of allylic oxidation sites excluding steroid dienone is 2.